The largest absolute Gasteiger partial charge is 0.321 e. The van der Waals surface area contributed by atoms with Gasteiger partial charge in [0.05, 0.1) is 15.6 Å². The molecule has 0 spiro atoms. The number of nitrogens with one attached hydrogen (secondary N) is 1. The van der Waals surface area contributed by atoms with E-state index in [1.807, 2.05) is 0 Å². The predicted molar refractivity (Wildman–Crippen MR) is 95.9 cm³/mol. The van der Waals surface area contributed by atoms with Crippen LogP contribution in [0.1, 0.15) is 24.2 Å². The van der Waals surface area contributed by atoms with Gasteiger partial charge in [-0.2, -0.15) is 4.31 Å². The highest BCUT2D eigenvalue weighted by Gasteiger charge is 2.21. The Bertz CT molecular complexity index is 866. The van der Waals surface area contributed by atoms with Crippen molar-refractivity contribution < 1.29 is 17.6 Å². The molecule has 0 saturated carbocycles. The highest BCUT2D eigenvalue weighted by Crippen LogP contribution is 2.23. The van der Waals surface area contributed by atoms with E-state index in [0.29, 0.717) is 13.1 Å². The summed E-state index contributed by atoms with van der Waals surface area (Å²) in [5, 5.41) is 2.64. The van der Waals surface area contributed by atoms with Crippen molar-refractivity contribution in [3.63, 3.8) is 0 Å². The fourth-order valence-electron chi connectivity index (χ4n) is 2.28. The highest BCUT2D eigenvalue weighted by molar-refractivity contribution is 7.89. The molecule has 0 fully saturated rings. The lowest BCUT2D eigenvalue weighted by Crippen LogP contribution is -2.30. The van der Waals surface area contributed by atoms with Crippen LogP contribution in [0.3, 0.4) is 0 Å². The number of nitrogens with zero attached hydrogens (tertiary/aromatic N) is 1. The first-order valence-corrected chi connectivity index (χ1v) is 9.48. The van der Waals surface area contributed by atoms with Crippen molar-refractivity contribution in [1.29, 1.82) is 0 Å². The van der Waals surface area contributed by atoms with Gasteiger partial charge in [-0.1, -0.05) is 25.4 Å². The molecule has 0 bridgehead atoms. The van der Waals surface area contributed by atoms with Gasteiger partial charge in [-0.3, -0.25) is 4.79 Å². The maximum Gasteiger partial charge on any atom is 0.255 e. The van der Waals surface area contributed by atoms with Crippen molar-refractivity contribution in [2.24, 2.45) is 0 Å². The van der Waals surface area contributed by atoms with Gasteiger partial charge >= 0.3 is 0 Å². The lowest BCUT2D eigenvalue weighted by atomic mass is 10.2. The molecule has 0 saturated heterocycles. The summed E-state index contributed by atoms with van der Waals surface area (Å²) >= 11 is 5.87. The average Bonchev–Trinajstić information content (AvgIpc) is 2.58. The molecule has 0 atom stereocenters. The Morgan fingerprint density at radius 3 is 2.24 bits per heavy atom. The molecule has 0 heterocycles. The molecule has 1 N–H and O–H groups in total. The fraction of sp³-hybridized carbons (Fsp3) is 0.235. The summed E-state index contributed by atoms with van der Waals surface area (Å²) in [6.07, 6.45) is 0. The third-order valence-electron chi connectivity index (χ3n) is 3.64. The van der Waals surface area contributed by atoms with E-state index >= 15 is 0 Å². The van der Waals surface area contributed by atoms with Crippen LogP contribution in [0, 0.1) is 5.82 Å². The van der Waals surface area contributed by atoms with Crippen LogP contribution in [0.25, 0.3) is 0 Å². The van der Waals surface area contributed by atoms with Crippen molar-refractivity contribution in [3.05, 3.63) is 58.9 Å². The Morgan fingerprint density at radius 1 is 1.12 bits per heavy atom. The smallest absolute Gasteiger partial charge is 0.255 e. The maximum atomic E-state index is 13.0. The molecule has 2 aromatic carbocycles. The molecule has 134 valence electrons. The number of benzene rings is 2. The molecule has 0 aliphatic rings. The molecule has 0 radical (unpaired) electrons. The minimum Gasteiger partial charge on any atom is -0.321 e. The molecule has 0 aromatic heterocycles. The third kappa shape index (κ3) is 4.36. The van der Waals surface area contributed by atoms with Crippen LogP contribution in [0.4, 0.5) is 10.1 Å². The molecule has 2 rings (SSSR count). The summed E-state index contributed by atoms with van der Waals surface area (Å²) < 4.78 is 39.2. The summed E-state index contributed by atoms with van der Waals surface area (Å²) in [5.41, 5.74) is 0.534. The normalized spacial score (nSPS) is 11.6. The van der Waals surface area contributed by atoms with Gasteiger partial charge in [0.1, 0.15) is 5.82 Å². The number of anilines is 1. The van der Waals surface area contributed by atoms with Gasteiger partial charge in [-0.15, -0.1) is 0 Å². The number of amides is 1. The zero-order chi connectivity index (χ0) is 18.6. The minimum atomic E-state index is -3.58. The molecule has 0 aliphatic heterocycles. The number of carbonyl (C=O) groups is 1. The van der Waals surface area contributed by atoms with Gasteiger partial charge in [-0.05, 0) is 42.5 Å². The summed E-state index contributed by atoms with van der Waals surface area (Å²) in [7, 11) is -3.58. The number of halogens is 2. The average molecular weight is 385 g/mol. The second kappa shape index (κ2) is 7.95. The van der Waals surface area contributed by atoms with Crippen LogP contribution >= 0.6 is 11.6 Å². The van der Waals surface area contributed by atoms with Crippen LogP contribution in [-0.2, 0) is 10.0 Å². The summed E-state index contributed by atoms with van der Waals surface area (Å²) in [5.74, 6) is -0.978. The van der Waals surface area contributed by atoms with Crippen LogP contribution in [0.15, 0.2) is 47.4 Å². The van der Waals surface area contributed by atoms with Gasteiger partial charge < -0.3 is 5.32 Å². The van der Waals surface area contributed by atoms with E-state index in [9.17, 15) is 17.6 Å². The zero-order valence-corrected chi connectivity index (χ0v) is 15.4. The molecule has 5 nitrogen and oxygen atoms in total. The third-order valence-corrected chi connectivity index (χ3v) is 6.02. The van der Waals surface area contributed by atoms with E-state index in [0.717, 1.165) is 6.07 Å². The second-order valence-corrected chi connectivity index (χ2v) is 7.54. The number of carbonyl (C=O) groups excluding carboxylic acids is 1. The Kier molecular flexibility index (Phi) is 6.16. The van der Waals surface area contributed by atoms with Gasteiger partial charge in [0.25, 0.3) is 5.91 Å². The zero-order valence-electron chi connectivity index (χ0n) is 13.8. The first-order chi connectivity index (χ1) is 11.8. The Balaban J connectivity index is 2.20. The van der Waals surface area contributed by atoms with Crippen molar-refractivity contribution in [3.8, 4) is 0 Å². The van der Waals surface area contributed by atoms with Crippen LogP contribution in [-0.4, -0.2) is 31.7 Å². The Morgan fingerprint density at radius 2 is 1.72 bits per heavy atom. The minimum absolute atomic E-state index is 0.0779. The molecule has 0 aliphatic carbocycles. The molecular formula is C17H18ClFN2O3S. The van der Waals surface area contributed by atoms with Crippen LogP contribution < -0.4 is 5.32 Å². The van der Waals surface area contributed by atoms with Crippen molar-refractivity contribution in [1.82, 2.24) is 4.31 Å². The molecule has 0 unspecified atom stereocenters. The van der Waals surface area contributed by atoms with E-state index in [-0.39, 0.29) is 21.2 Å². The molecule has 25 heavy (non-hydrogen) atoms. The Hall–Kier alpha value is -1.96. The summed E-state index contributed by atoms with van der Waals surface area (Å²) in [6.45, 7) is 4.25. The van der Waals surface area contributed by atoms with Crippen molar-refractivity contribution in [2.75, 3.05) is 18.4 Å². The highest BCUT2D eigenvalue weighted by atomic mass is 35.5. The summed E-state index contributed by atoms with van der Waals surface area (Å²) in [4.78, 5) is 12.4. The number of hydrogen-bond donors (Lipinski definition) is 1. The quantitative estimate of drug-likeness (QED) is 0.824. The maximum absolute atomic E-state index is 13.0. The standard InChI is InChI=1S/C17H18ClFN2O3S/c1-3-21(4-2)25(23,24)14-8-5-12(6-9-14)17(22)20-16-10-7-13(19)11-15(16)18/h5-11H,3-4H2,1-2H3,(H,20,22). The predicted octanol–water partition coefficient (Wildman–Crippen LogP) is 3.76. The lowest BCUT2D eigenvalue weighted by Gasteiger charge is -2.18. The first kappa shape index (κ1) is 19.4. The van der Waals surface area contributed by atoms with E-state index < -0.39 is 21.7 Å². The van der Waals surface area contributed by atoms with Gasteiger partial charge in [-0.25, -0.2) is 12.8 Å². The SMILES string of the molecule is CCN(CC)S(=O)(=O)c1ccc(C(=O)Nc2ccc(F)cc2Cl)cc1. The molecule has 2 aromatic rings. The topological polar surface area (TPSA) is 66.5 Å². The van der Waals surface area contributed by atoms with Gasteiger partial charge in [0, 0.05) is 18.7 Å². The molecule has 8 heteroatoms. The van der Waals surface area contributed by atoms with Crippen molar-refractivity contribution >= 4 is 33.2 Å². The van der Waals surface area contributed by atoms with E-state index in [2.05, 4.69) is 5.32 Å². The van der Waals surface area contributed by atoms with Gasteiger partial charge in [0.2, 0.25) is 10.0 Å². The number of sulfonamides is 1. The molecular weight excluding hydrogens is 367 g/mol. The monoisotopic (exact) mass is 384 g/mol. The first-order valence-electron chi connectivity index (χ1n) is 7.66. The molecule has 1 amide bonds. The van der Waals surface area contributed by atoms with E-state index in [1.54, 1.807) is 13.8 Å². The van der Waals surface area contributed by atoms with E-state index in [4.69, 9.17) is 11.6 Å². The fourth-order valence-corrected chi connectivity index (χ4v) is 3.95. The Labute approximate surface area is 151 Å². The number of hydrogen-bond acceptors (Lipinski definition) is 3. The number of rotatable bonds is 6. The summed E-state index contributed by atoms with van der Waals surface area (Å²) in [6, 6.07) is 9.24. The van der Waals surface area contributed by atoms with Gasteiger partial charge in [0.15, 0.2) is 0 Å². The van der Waals surface area contributed by atoms with Crippen LogP contribution in [0.2, 0.25) is 5.02 Å². The lowest BCUT2D eigenvalue weighted by molar-refractivity contribution is 0.102. The van der Waals surface area contributed by atoms with E-state index in [1.165, 1.54) is 40.7 Å². The van der Waals surface area contributed by atoms with Crippen LogP contribution in [0.5, 0.6) is 0 Å². The van der Waals surface area contributed by atoms with Crippen molar-refractivity contribution in [2.45, 2.75) is 18.7 Å². The second-order valence-electron chi connectivity index (χ2n) is 5.19.